The maximum absolute atomic E-state index is 11.8. The van der Waals surface area contributed by atoms with Gasteiger partial charge in [-0.2, -0.15) is 0 Å². The minimum absolute atomic E-state index is 0. The first kappa shape index (κ1) is 21.4. The van der Waals surface area contributed by atoms with E-state index in [2.05, 4.69) is 5.32 Å². The number of aliphatic hydroxyl groups excluding tert-OH is 1. The Balaban J connectivity index is 0.00000484. The number of benzene rings is 1. The van der Waals surface area contributed by atoms with Crippen LogP contribution < -0.4 is 11.1 Å². The Hall–Kier alpha value is -1.63. The Morgan fingerprint density at radius 2 is 1.96 bits per heavy atom. The number of carbonyl (C=O) groups is 2. The number of ether oxygens (including phenoxy) is 1. The highest BCUT2D eigenvalue weighted by Crippen LogP contribution is 2.04. The van der Waals surface area contributed by atoms with Crippen LogP contribution in [0.25, 0.3) is 0 Å². The molecule has 1 aromatic carbocycles. The molecule has 0 saturated heterocycles. The highest BCUT2D eigenvalue weighted by Gasteiger charge is 2.22. The van der Waals surface area contributed by atoms with Crippen molar-refractivity contribution in [2.45, 2.75) is 38.3 Å². The third-order valence-electron chi connectivity index (χ3n) is 3.15. The number of amides is 1. The molecule has 1 unspecified atom stereocenters. The van der Waals surface area contributed by atoms with Crippen LogP contribution in [0.2, 0.25) is 0 Å². The van der Waals surface area contributed by atoms with Gasteiger partial charge in [0.25, 0.3) is 0 Å². The molecule has 7 heteroatoms. The first-order valence-corrected chi connectivity index (χ1v) is 7.45. The smallest absolute Gasteiger partial charge is 0.305 e. The van der Waals surface area contributed by atoms with E-state index in [1.807, 2.05) is 30.3 Å². The first-order chi connectivity index (χ1) is 10.5. The van der Waals surface area contributed by atoms with Gasteiger partial charge < -0.3 is 20.9 Å². The highest BCUT2D eigenvalue weighted by molar-refractivity contribution is 5.85. The second-order valence-electron chi connectivity index (χ2n) is 5.00. The Bertz CT molecular complexity index is 470. The van der Waals surface area contributed by atoms with E-state index in [0.717, 1.165) is 5.56 Å². The lowest BCUT2D eigenvalue weighted by atomic mass is 10.0. The fourth-order valence-corrected chi connectivity index (χ4v) is 1.97. The maximum Gasteiger partial charge on any atom is 0.305 e. The molecule has 1 aromatic rings. The average Bonchev–Trinajstić information content (AvgIpc) is 2.51. The fourth-order valence-electron chi connectivity index (χ4n) is 1.97. The van der Waals surface area contributed by atoms with Gasteiger partial charge in [0.1, 0.15) is 6.10 Å². The van der Waals surface area contributed by atoms with Gasteiger partial charge in [-0.15, -0.1) is 12.4 Å². The third kappa shape index (κ3) is 8.54. The van der Waals surface area contributed by atoms with Crippen LogP contribution >= 0.6 is 12.4 Å². The molecule has 0 aliphatic rings. The molecule has 0 bridgehead atoms. The lowest BCUT2D eigenvalue weighted by Crippen LogP contribution is -2.47. The SMILES string of the molecule is CCOC(=O)CCCNC(=O)C(O)[C@H](N)Cc1ccccc1.Cl. The van der Waals surface area contributed by atoms with Crippen LogP contribution in [-0.4, -0.2) is 42.3 Å². The predicted octanol–water partition coefficient (Wildman–Crippen LogP) is 0.799. The lowest BCUT2D eigenvalue weighted by Gasteiger charge is -2.18. The van der Waals surface area contributed by atoms with Gasteiger partial charge in [0.15, 0.2) is 0 Å². The molecule has 1 rings (SSSR count). The number of halogens is 1. The normalized spacial score (nSPS) is 12.7. The molecule has 4 N–H and O–H groups in total. The minimum Gasteiger partial charge on any atom is -0.466 e. The molecular weight excluding hydrogens is 320 g/mol. The van der Waals surface area contributed by atoms with Crippen molar-refractivity contribution in [2.24, 2.45) is 5.73 Å². The molecule has 6 nitrogen and oxygen atoms in total. The van der Waals surface area contributed by atoms with Gasteiger partial charge in [-0.05, 0) is 25.3 Å². The van der Waals surface area contributed by atoms with Crippen LogP contribution in [0.1, 0.15) is 25.3 Å². The number of esters is 1. The van der Waals surface area contributed by atoms with E-state index in [-0.39, 0.29) is 24.8 Å². The largest absolute Gasteiger partial charge is 0.466 e. The third-order valence-corrected chi connectivity index (χ3v) is 3.15. The summed E-state index contributed by atoms with van der Waals surface area (Å²) in [6, 6.07) is 8.76. The zero-order valence-electron chi connectivity index (χ0n) is 13.2. The molecule has 0 aliphatic carbocycles. The zero-order chi connectivity index (χ0) is 16.4. The maximum atomic E-state index is 11.8. The van der Waals surface area contributed by atoms with Crippen LogP contribution in [0.5, 0.6) is 0 Å². The van der Waals surface area contributed by atoms with Gasteiger partial charge in [0.05, 0.1) is 6.61 Å². The Morgan fingerprint density at radius 1 is 1.30 bits per heavy atom. The topological polar surface area (TPSA) is 102 Å². The van der Waals surface area contributed by atoms with Crippen molar-refractivity contribution in [3.63, 3.8) is 0 Å². The van der Waals surface area contributed by atoms with Gasteiger partial charge in [-0.3, -0.25) is 9.59 Å². The Kier molecular flexibility index (Phi) is 11.0. The summed E-state index contributed by atoms with van der Waals surface area (Å²) in [5, 5.41) is 12.5. The van der Waals surface area contributed by atoms with Crippen molar-refractivity contribution >= 4 is 24.3 Å². The summed E-state index contributed by atoms with van der Waals surface area (Å²) in [5.74, 6) is -0.814. The van der Waals surface area contributed by atoms with Crippen LogP contribution in [0.3, 0.4) is 0 Å². The Labute approximate surface area is 142 Å². The van der Waals surface area contributed by atoms with Gasteiger partial charge >= 0.3 is 5.97 Å². The number of rotatable bonds is 9. The monoisotopic (exact) mass is 344 g/mol. The fraction of sp³-hybridized carbons (Fsp3) is 0.500. The number of hydrogen-bond acceptors (Lipinski definition) is 5. The summed E-state index contributed by atoms with van der Waals surface area (Å²) in [6.07, 6.45) is -0.160. The van der Waals surface area contributed by atoms with Crippen molar-refractivity contribution in [3.8, 4) is 0 Å². The van der Waals surface area contributed by atoms with Gasteiger partial charge in [-0.25, -0.2) is 0 Å². The molecule has 0 aromatic heterocycles. The van der Waals surface area contributed by atoms with E-state index in [1.54, 1.807) is 6.92 Å². The van der Waals surface area contributed by atoms with E-state index in [4.69, 9.17) is 10.5 Å². The number of nitrogens with one attached hydrogen (secondary N) is 1. The summed E-state index contributed by atoms with van der Waals surface area (Å²) in [6.45, 7) is 2.38. The number of carbonyl (C=O) groups excluding carboxylic acids is 2. The van der Waals surface area contributed by atoms with Crippen LogP contribution in [0.4, 0.5) is 0 Å². The predicted molar refractivity (Wildman–Crippen MR) is 90.3 cm³/mol. The second kappa shape index (κ2) is 11.9. The van der Waals surface area contributed by atoms with E-state index < -0.39 is 18.1 Å². The number of aliphatic hydroxyl groups is 1. The molecule has 0 spiro atoms. The van der Waals surface area contributed by atoms with E-state index in [9.17, 15) is 14.7 Å². The average molecular weight is 345 g/mol. The van der Waals surface area contributed by atoms with Gasteiger partial charge in [0, 0.05) is 19.0 Å². The molecule has 0 heterocycles. The second-order valence-corrected chi connectivity index (χ2v) is 5.00. The van der Waals surface area contributed by atoms with E-state index in [0.29, 0.717) is 26.0 Å². The number of nitrogens with two attached hydrogens (primary N) is 1. The molecule has 0 aliphatic heterocycles. The number of hydrogen-bond donors (Lipinski definition) is 3. The molecule has 0 radical (unpaired) electrons. The van der Waals surface area contributed by atoms with Crippen molar-refractivity contribution in [2.75, 3.05) is 13.2 Å². The first-order valence-electron chi connectivity index (χ1n) is 7.45. The Morgan fingerprint density at radius 3 is 2.57 bits per heavy atom. The van der Waals surface area contributed by atoms with E-state index >= 15 is 0 Å². The lowest BCUT2D eigenvalue weighted by molar-refractivity contribution is -0.143. The van der Waals surface area contributed by atoms with Gasteiger partial charge in [-0.1, -0.05) is 30.3 Å². The van der Waals surface area contributed by atoms with Crippen molar-refractivity contribution in [1.82, 2.24) is 5.32 Å². The van der Waals surface area contributed by atoms with Crippen LogP contribution in [0.15, 0.2) is 30.3 Å². The van der Waals surface area contributed by atoms with Gasteiger partial charge in [0.2, 0.25) is 5.91 Å². The summed E-state index contributed by atoms with van der Waals surface area (Å²) in [5.41, 5.74) is 6.82. The molecule has 1 amide bonds. The van der Waals surface area contributed by atoms with Crippen LogP contribution in [0, 0.1) is 0 Å². The minimum atomic E-state index is -1.28. The van der Waals surface area contributed by atoms with E-state index in [1.165, 1.54) is 0 Å². The molecule has 2 atom stereocenters. The summed E-state index contributed by atoms with van der Waals surface area (Å²) in [4.78, 5) is 22.9. The summed E-state index contributed by atoms with van der Waals surface area (Å²) >= 11 is 0. The zero-order valence-corrected chi connectivity index (χ0v) is 14.1. The molecular formula is C16H25ClN2O4. The van der Waals surface area contributed by atoms with Crippen molar-refractivity contribution in [1.29, 1.82) is 0 Å². The summed E-state index contributed by atoms with van der Waals surface area (Å²) in [7, 11) is 0. The molecule has 0 fully saturated rings. The molecule has 0 saturated carbocycles. The van der Waals surface area contributed by atoms with Crippen molar-refractivity contribution < 1.29 is 19.4 Å². The quantitative estimate of drug-likeness (QED) is 0.454. The standard InChI is InChI=1S/C16H24N2O4.ClH/c1-2-22-14(19)9-6-10-18-16(21)15(20)13(17)11-12-7-4-3-5-8-12;/h3-5,7-8,13,15,20H,2,6,9-11,17H2,1H3,(H,18,21);1H/t13-,15?;/m1./s1. The van der Waals surface area contributed by atoms with Crippen LogP contribution in [-0.2, 0) is 20.7 Å². The van der Waals surface area contributed by atoms with Crippen molar-refractivity contribution in [3.05, 3.63) is 35.9 Å². The molecule has 23 heavy (non-hydrogen) atoms. The summed E-state index contributed by atoms with van der Waals surface area (Å²) < 4.78 is 4.78. The molecule has 130 valence electrons. The highest BCUT2D eigenvalue weighted by atomic mass is 35.5.